The molecule has 0 aliphatic carbocycles. The van der Waals surface area contributed by atoms with Crippen molar-refractivity contribution >= 4 is 23.3 Å². The summed E-state index contributed by atoms with van der Waals surface area (Å²) in [6.45, 7) is 9.51. The molecule has 1 aromatic rings. The van der Waals surface area contributed by atoms with Crippen LogP contribution in [0, 0.1) is 0 Å². The Morgan fingerprint density at radius 2 is 1.88 bits per heavy atom. The van der Waals surface area contributed by atoms with Gasteiger partial charge in [0.15, 0.2) is 0 Å². The van der Waals surface area contributed by atoms with E-state index in [1.54, 1.807) is 6.92 Å². The number of amidine groups is 1. The molecule has 0 aliphatic rings. The van der Waals surface area contributed by atoms with Crippen molar-refractivity contribution in [2.75, 3.05) is 29.9 Å². The van der Waals surface area contributed by atoms with Gasteiger partial charge in [-0.15, -0.1) is 0 Å². The summed E-state index contributed by atoms with van der Waals surface area (Å²) < 4.78 is 4.87. The first-order valence-electron chi connectivity index (χ1n) is 8.17. The van der Waals surface area contributed by atoms with Gasteiger partial charge in [0, 0.05) is 17.9 Å². The zero-order valence-electron chi connectivity index (χ0n) is 15.0. The number of hydrogen-bond acceptors (Lipinski definition) is 3. The van der Waals surface area contributed by atoms with Crippen molar-refractivity contribution in [1.29, 1.82) is 0 Å². The lowest BCUT2D eigenvalue weighted by Crippen LogP contribution is -2.29. The van der Waals surface area contributed by atoms with Gasteiger partial charge in [0.2, 0.25) is 0 Å². The van der Waals surface area contributed by atoms with E-state index in [-0.39, 0.29) is 0 Å². The van der Waals surface area contributed by atoms with Crippen LogP contribution in [0.15, 0.2) is 53.6 Å². The highest BCUT2D eigenvalue weighted by Gasteiger charge is 2.09. The van der Waals surface area contributed by atoms with Gasteiger partial charge in [0.1, 0.15) is 5.84 Å². The third kappa shape index (κ3) is 6.69. The number of carbonyl (C=O) groups is 1. The lowest BCUT2D eigenvalue weighted by Gasteiger charge is -2.23. The molecule has 5 nitrogen and oxygen atoms in total. The quantitative estimate of drug-likeness (QED) is 0.451. The lowest BCUT2D eigenvalue weighted by molar-refractivity contribution is 0.168. The molecule has 0 radical (unpaired) electrons. The van der Waals surface area contributed by atoms with Crippen LogP contribution >= 0.6 is 0 Å². The standard InChI is InChI=1S/C19H27N3O2/c1-5-8-14-20-16(4)22(15-9-6-2)18-12-10-17(11-13-18)21-19(23)24-7-3/h5-6,8-13H,7,14-15H2,1-4H3,(H,21,23)/b8-5+,9-6+,20-16?. The van der Waals surface area contributed by atoms with Crippen molar-refractivity contribution in [2.24, 2.45) is 4.99 Å². The summed E-state index contributed by atoms with van der Waals surface area (Å²) in [4.78, 5) is 18.1. The van der Waals surface area contributed by atoms with Gasteiger partial charge in [-0.05, 0) is 52.0 Å². The summed E-state index contributed by atoms with van der Waals surface area (Å²) in [5, 5.41) is 2.69. The van der Waals surface area contributed by atoms with Crippen LogP contribution in [0.1, 0.15) is 27.7 Å². The van der Waals surface area contributed by atoms with E-state index in [0.29, 0.717) is 18.8 Å². The third-order valence-corrected chi connectivity index (χ3v) is 3.28. The van der Waals surface area contributed by atoms with Crippen molar-refractivity contribution in [1.82, 2.24) is 0 Å². The van der Waals surface area contributed by atoms with Gasteiger partial charge in [-0.25, -0.2) is 4.79 Å². The van der Waals surface area contributed by atoms with Crippen LogP contribution in [0.25, 0.3) is 0 Å². The van der Waals surface area contributed by atoms with Gasteiger partial charge >= 0.3 is 6.09 Å². The van der Waals surface area contributed by atoms with E-state index < -0.39 is 6.09 Å². The fraction of sp³-hybridized carbons (Fsp3) is 0.368. The number of allylic oxidation sites excluding steroid dienone is 2. The average Bonchev–Trinajstić information content (AvgIpc) is 2.57. The minimum atomic E-state index is -0.444. The zero-order valence-corrected chi connectivity index (χ0v) is 15.0. The monoisotopic (exact) mass is 329 g/mol. The number of rotatable bonds is 7. The van der Waals surface area contributed by atoms with E-state index in [1.165, 1.54) is 0 Å². The molecular formula is C19H27N3O2. The highest BCUT2D eigenvalue weighted by Crippen LogP contribution is 2.19. The normalized spacial score (nSPS) is 11.9. The number of nitrogens with zero attached hydrogens (tertiary/aromatic N) is 2. The van der Waals surface area contributed by atoms with E-state index in [2.05, 4.69) is 21.3 Å². The average molecular weight is 329 g/mol. The first-order chi connectivity index (χ1) is 11.6. The Bertz CT molecular complexity index is 589. The van der Waals surface area contributed by atoms with Crippen molar-refractivity contribution in [3.63, 3.8) is 0 Å². The minimum Gasteiger partial charge on any atom is -0.450 e. The summed E-state index contributed by atoms with van der Waals surface area (Å²) >= 11 is 0. The molecule has 0 aliphatic heterocycles. The molecule has 0 bridgehead atoms. The van der Waals surface area contributed by atoms with Crippen LogP contribution in [0.5, 0.6) is 0 Å². The second kappa shape index (κ2) is 11.0. The summed E-state index contributed by atoms with van der Waals surface area (Å²) in [7, 11) is 0. The topological polar surface area (TPSA) is 53.9 Å². The van der Waals surface area contributed by atoms with Crippen molar-refractivity contribution in [2.45, 2.75) is 27.7 Å². The van der Waals surface area contributed by atoms with Crippen molar-refractivity contribution < 1.29 is 9.53 Å². The Hall–Kier alpha value is -2.56. The summed E-state index contributed by atoms with van der Waals surface area (Å²) in [5.74, 6) is 0.942. The van der Waals surface area contributed by atoms with Crippen molar-refractivity contribution in [3.05, 3.63) is 48.6 Å². The number of carbonyl (C=O) groups excluding carboxylic acids is 1. The number of ether oxygens (including phenoxy) is 1. The summed E-state index contributed by atoms with van der Waals surface area (Å²) in [5.41, 5.74) is 1.72. The number of anilines is 2. The molecular weight excluding hydrogens is 302 g/mol. The molecule has 0 saturated heterocycles. The van der Waals surface area contributed by atoms with Gasteiger partial charge in [-0.2, -0.15) is 0 Å². The Morgan fingerprint density at radius 1 is 1.21 bits per heavy atom. The van der Waals surface area contributed by atoms with E-state index in [0.717, 1.165) is 18.1 Å². The lowest BCUT2D eigenvalue weighted by atomic mass is 10.2. The van der Waals surface area contributed by atoms with Crippen LogP contribution in [-0.4, -0.2) is 31.6 Å². The van der Waals surface area contributed by atoms with E-state index in [9.17, 15) is 4.79 Å². The molecule has 1 N–H and O–H groups in total. The maximum Gasteiger partial charge on any atom is 0.411 e. The number of aliphatic imine (C=N–C) groups is 1. The largest absolute Gasteiger partial charge is 0.450 e. The SMILES string of the molecule is C/C=C/CN=C(C)N(C/C=C/C)c1ccc(NC(=O)OCC)cc1. The molecule has 24 heavy (non-hydrogen) atoms. The van der Waals surface area contributed by atoms with E-state index in [1.807, 2.05) is 63.3 Å². The van der Waals surface area contributed by atoms with Crippen LogP contribution in [0.2, 0.25) is 0 Å². The molecule has 0 atom stereocenters. The number of benzene rings is 1. The maximum atomic E-state index is 11.4. The van der Waals surface area contributed by atoms with Gasteiger partial charge in [0.25, 0.3) is 0 Å². The molecule has 1 rings (SSSR count). The molecule has 0 unspecified atom stereocenters. The maximum absolute atomic E-state index is 11.4. The molecule has 0 aromatic heterocycles. The fourth-order valence-corrected chi connectivity index (χ4v) is 2.02. The molecule has 0 heterocycles. The van der Waals surface area contributed by atoms with Gasteiger partial charge in [-0.3, -0.25) is 10.3 Å². The van der Waals surface area contributed by atoms with Crippen LogP contribution in [0.3, 0.4) is 0 Å². The number of nitrogens with one attached hydrogen (secondary N) is 1. The molecule has 1 aromatic carbocycles. The predicted octanol–water partition coefficient (Wildman–Crippen LogP) is 4.63. The van der Waals surface area contributed by atoms with Crippen LogP contribution < -0.4 is 10.2 Å². The summed E-state index contributed by atoms with van der Waals surface area (Å²) in [6.07, 6.45) is 7.66. The molecule has 1 amide bonds. The molecule has 130 valence electrons. The second-order valence-corrected chi connectivity index (χ2v) is 5.03. The Kier molecular flexibility index (Phi) is 8.97. The van der Waals surface area contributed by atoms with Crippen molar-refractivity contribution in [3.8, 4) is 0 Å². The molecule has 0 spiro atoms. The van der Waals surface area contributed by atoms with Gasteiger partial charge in [-0.1, -0.05) is 24.3 Å². The Labute approximate surface area is 144 Å². The third-order valence-electron chi connectivity index (χ3n) is 3.28. The first kappa shape index (κ1) is 19.5. The van der Waals surface area contributed by atoms with Crippen LogP contribution in [-0.2, 0) is 4.74 Å². The second-order valence-electron chi connectivity index (χ2n) is 5.03. The van der Waals surface area contributed by atoms with Crippen LogP contribution in [0.4, 0.5) is 16.2 Å². The fourth-order valence-electron chi connectivity index (χ4n) is 2.02. The molecule has 5 heteroatoms. The Balaban J connectivity index is 2.89. The molecule has 0 fully saturated rings. The van der Waals surface area contributed by atoms with Gasteiger partial charge in [0.05, 0.1) is 13.2 Å². The number of hydrogen-bond donors (Lipinski definition) is 1. The highest BCUT2D eigenvalue weighted by molar-refractivity contribution is 5.96. The smallest absolute Gasteiger partial charge is 0.411 e. The minimum absolute atomic E-state index is 0.350. The summed E-state index contributed by atoms with van der Waals surface area (Å²) in [6, 6.07) is 7.63. The molecule has 0 saturated carbocycles. The van der Waals surface area contributed by atoms with Gasteiger partial charge < -0.3 is 9.64 Å². The predicted molar refractivity (Wildman–Crippen MR) is 102 cm³/mol. The highest BCUT2D eigenvalue weighted by atomic mass is 16.5. The Morgan fingerprint density at radius 3 is 2.46 bits per heavy atom. The first-order valence-corrected chi connectivity index (χ1v) is 8.17. The zero-order chi connectivity index (χ0) is 17.8. The number of amides is 1. The van der Waals surface area contributed by atoms with E-state index >= 15 is 0 Å². The van der Waals surface area contributed by atoms with E-state index in [4.69, 9.17) is 4.74 Å².